The van der Waals surface area contributed by atoms with Crippen molar-refractivity contribution < 1.29 is 24.2 Å². The highest BCUT2D eigenvalue weighted by Gasteiger charge is 2.53. The minimum Gasteiger partial charge on any atom is -0.465 e. The number of methoxy groups -OCH3 is 1. The molecule has 0 bridgehead atoms. The summed E-state index contributed by atoms with van der Waals surface area (Å²) in [5, 5.41) is 17.3. The molecular weight excluding hydrogens is 494 g/mol. The van der Waals surface area contributed by atoms with Gasteiger partial charge >= 0.3 is 12.2 Å². The maximum atomic E-state index is 12.7. The molecule has 0 spiro atoms. The largest absolute Gasteiger partial charge is 0.465 e. The number of piperidine rings is 1. The van der Waals surface area contributed by atoms with E-state index >= 15 is 0 Å². The first-order valence-electron chi connectivity index (χ1n) is 13.8. The molecule has 3 unspecified atom stereocenters. The maximum absolute atomic E-state index is 12.7. The molecule has 0 radical (unpaired) electrons. The van der Waals surface area contributed by atoms with Crippen LogP contribution in [0.25, 0.3) is 0 Å². The van der Waals surface area contributed by atoms with Gasteiger partial charge in [-0.25, -0.2) is 9.59 Å². The third kappa shape index (κ3) is 6.89. The predicted molar refractivity (Wildman–Crippen MR) is 143 cm³/mol. The Morgan fingerprint density at radius 3 is 2.73 bits per heavy atom. The number of nitrogens with zero attached hydrogens (tertiary/aromatic N) is 1. The minimum absolute atomic E-state index is 0.0232. The van der Waals surface area contributed by atoms with E-state index in [4.69, 9.17) is 16.3 Å². The molecule has 1 aromatic carbocycles. The zero-order chi connectivity index (χ0) is 26.3. The fraction of sp³-hybridized carbons (Fsp3) is 0.714. The van der Waals surface area contributed by atoms with Crippen molar-refractivity contribution in [2.24, 2.45) is 17.3 Å². The fourth-order valence-corrected chi connectivity index (χ4v) is 7.38. The number of ether oxygens (including phenoxy) is 2. The average molecular weight is 536 g/mol. The van der Waals surface area contributed by atoms with Crippen LogP contribution in [-0.2, 0) is 9.47 Å². The summed E-state index contributed by atoms with van der Waals surface area (Å²) >= 11 is 6.40. The molecule has 2 amide bonds. The Morgan fingerprint density at radius 2 is 2.05 bits per heavy atom. The van der Waals surface area contributed by atoms with Crippen LogP contribution in [0.15, 0.2) is 24.3 Å². The third-order valence-corrected chi connectivity index (χ3v) is 8.90. The zero-order valence-corrected chi connectivity index (χ0v) is 22.7. The maximum Gasteiger partial charge on any atom is 0.407 e. The number of likely N-dealkylation sites (tertiary alicyclic amines) is 1. The van der Waals surface area contributed by atoms with Crippen molar-refractivity contribution in [1.82, 2.24) is 15.5 Å². The predicted octanol–water partition coefficient (Wildman–Crippen LogP) is 5.46. The van der Waals surface area contributed by atoms with Gasteiger partial charge in [-0.15, -0.1) is 0 Å². The van der Waals surface area contributed by atoms with Gasteiger partial charge in [-0.05, 0) is 55.8 Å². The summed E-state index contributed by atoms with van der Waals surface area (Å²) in [6.45, 7) is 2.89. The summed E-state index contributed by atoms with van der Waals surface area (Å²) in [4.78, 5) is 25.9. The van der Waals surface area contributed by atoms with Crippen LogP contribution >= 0.6 is 11.6 Å². The zero-order valence-electron chi connectivity index (χ0n) is 21.9. The number of carbonyl (C=O) groups excluding carboxylic acids is 1. The number of amides is 2. The Kier molecular flexibility index (Phi) is 9.96. The number of alkyl carbamates (subject to hydrolysis) is 1. The summed E-state index contributed by atoms with van der Waals surface area (Å²) < 4.78 is 11.2. The van der Waals surface area contributed by atoms with Crippen molar-refractivity contribution in [2.45, 2.75) is 69.9 Å². The summed E-state index contributed by atoms with van der Waals surface area (Å²) in [6.07, 6.45) is 8.33. The molecule has 2 saturated heterocycles. The summed E-state index contributed by atoms with van der Waals surface area (Å²) in [5.41, 5.74) is 0.822. The van der Waals surface area contributed by atoms with Crippen molar-refractivity contribution >= 4 is 23.8 Å². The van der Waals surface area contributed by atoms with Gasteiger partial charge < -0.3 is 30.1 Å². The second-order valence-corrected chi connectivity index (χ2v) is 11.4. The molecule has 2 aliphatic heterocycles. The van der Waals surface area contributed by atoms with Gasteiger partial charge in [0, 0.05) is 42.0 Å². The lowest BCUT2D eigenvalue weighted by Gasteiger charge is -2.52. The van der Waals surface area contributed by atoms with Crippen molar-refractivity contribution in [3.8, 4) is 0 Å². The smallest absolute Gasteiger partial charge is 0.407 e. The Bertz CT molecular complexity index is 904. The van der Waals surface area contributed by atoms with Gasteiger partial charge in [0.2, 0.25) is 0 Å². The highest BCUT2D eigenvalue weighted by atomic mass is 35.5. The number of nitrogens with one attached hydrogen (secondary N) is 2. The normalized spacial score (nSPS) is 27.6. The molecule has 1 aliphatic carbocycles. The van der Waals surface area contributed by atoms with Crippen molar-refractivity contribution in [1.29, 1.82) is 0 Å². The molecule has 37 heavy (non-hydrogen) atoms. The van der Waals surface area contributed by atoms with E-state index in [1.165, 1.54) is 39.2 Å². The first kappa shape index (κ1) is 28.0. The van der Waals surface area contributed by atoms with Gasteiger partial charge in [-0.3, -0.25) is 0 Å². The van der Waals surface area contributed by atoms with Crippen LogP contribution in [0.1, 0.15) is 69.5 Å². The van der Waals surface area contributed by atoms with Crippen LogP contribution in [0.3, 0.4) is 0 Å². The van der Waals surface area contributed by atoms with Gasteiger partial charge in [0.15, 0.2) is 0 Å². The monoisotopic (exact) mass is 535 g/mol. The summed E-state index contributed by atoms with van der Waals surface area (Å²) in [6, 6.07) is 7.55. The lowest BCUT2D eigenvalue weighted by Crippen LogP contribution is -2.59. The van der Waals surface area contributed by atoms with Crippen LogP contribution < -0.4 is 10.6 Å². The number of carboxylic acid groups (broad SMARTS) is 1. The Balaban J connectivity index is 1.67. The lowest BCUT2D eigenvalue weighted by molar-refractivity contribution is -0.0775. The van der Waals surface area contributed by atoms with Gasteiger partial charge in [-0.2, -0.15) is 0 Å². The van der Waals surface area contributed by atoms with Gasteiger partial charge in [0.25, 0.3) is 0 Å². The molecule has 3 N–H and O–H groups in total. The Labute approximate surface area is 225 Å². The number of hydrogen-bond donors (Lipinski definition) is 3. The fourth-order valence-electron chi connectivity index (χ4n) is 7.18. The second-order valence-electron chi connectivity index (χ2n) is 11.0. The van der Waals surface area contributed by atoms with Gasteiger partial charge in [-0.1, -0.05) is 55.8 Å². The third-order valence-electron chi connectivity index (χ3n) is 8.67. The van der Waals surface area contributed by atoms with E-state index in [0.29, 0.717) is 24.0 Å². The van der Waals surface area contributed by atoms with E-state index in [-0.39, 0.29) is 30.1 Å². The molecule has 9 heteroatoms. The SMILES string of the molecule is COC(=O)NCCO[C@@H](c1cccc(Cl)c1)C1CCCN(C(=O)O)C1C1(CC2CCCCC2)CCNC1. The molecule has 206 valence electrons. The number of benzene rings is 1. The van der Waals surface area contributed by atoms with E-state index in [2.05, 4.69) is 15.4 Å². The molecule has 0 aromatic heterocycles. The molecule has 8 nitrogen and oxygen atoms in total. The van der Waals surface area contributed by atoms with Crippen LogP contribution in [0.5, 0.6) is 0 Å². The highest BCUT2D eigenvalue weighted by Crippen LogP contribution is 2.50. The molecule has 4 atom stereocenters. The van der Waals surface area contributed by atoms with Crippen LogP contribution in [0, 0.1) is 17.3 Å². The first-order chi connectivity index (χ1) is 17.9. The summed E-state index contributed by atoms with van der Waals surface area (Å²) in [7, 11) is 1.33. The topological polar surface area (TPSA) is 100 Å². The van der Waals surface area contributed by atoms with Crippen molar-refractivity contribution in [3.63, 3.8) is 0 Å². The van der Waals surface area contributed by atoms with E-state index in [1.807, 2.05) is 24.3 Å². The van der Waals surface area contributed by atoms with Gasteiger partial charge in [0.05, 0.1) is 19.8 Å². The van der Waals surface area contributed by atoms with E-state index in [1.54, 1.807) is 4.90 Å². The average Bonchev–Trinajstić information content (AvgIpc) is 3.37. The highest BCUT2D eigenvalue weighted by molar-refractivity contribution is 6.30. The van der Waals surface area contributed by atoms with Gasteiger partial charge in [0.1, 0.15) is 0 Å². The summed E-state index contributed by atoms with van der Waals surface area (Å²) in [5.74, 6) is 0.617. The second kappa shape index (κ2) is 13.2. The first-order valence-corrected chi connectivity index (χ1v) is 14.2. The van der Waals surface area contributed by atoms with Crippen LogP contribution in [-0.4, -0.2) is 68.1 Å². The molecule has 3 fully saturated rings. The van der Waals surface area contributed by atoms with Crippen LogP contribution in [0.2, 0.25) is 5.02 Å². The van der Waals surface area contributed by atoms with Crippen molar-refractivity contribution in [3.05, 3.63) is 34.9 Å². The van der Waals surface area contributed by atoms with Crippen LogP contribution in [0.4, 0.5) is 9.59 Å². The quantitative estimate of drug-likeness (QED) is 0.363. The van der Waals surface area contributed by atoms with Crippen molar-refractivity contribution in [2.75, 3.05) is 39.9 Å². The lowest BCUT2D eigenvalue weighted by atomic mass is 9.63. The minimum atomic E-state index is -0.846. The molecular formula is C28H42ClN3O5. The van der Waals surface area contributed by atoms with E-state index < -0.39 is 12.2 Å². The number of hydrogen-bond acceptors (Lipinski definition) is 5. The molecule has 3 aliphatic rings. The Morgan fingerprint density at radius 1 is 1.24 bits per heavy atom. The molecule has 1 saturated carbocycles. The number of rotatable bonds is 9. The number of halogens is 1. The van der Waals surface area contributed by atoms with E-state index in [0.717, 1.165) is 44.3 Å². The number of carbonyl (C=O) groups is 2. The molecule has 2 heterocycles. The molecule has 4 rings (SSSR count). The van der Waals surface area contributed by atoms with E-state index in [9.17, 15) is 14.7 Å². The molecule has 1 aromatic rings. The Hall–Kier alpha value is -2.03. The standard InChI is InChI=1S/C28H42ClN3O5/c1-36-26(33)31-14-16-37-24(21-9-5-10-22(29)17-21)23-11-6-15-32(27(34)35)25(23)28(12-13-30-19-28)18-20-7-3-2-4-8-20/h5,9-10,17,20,23-25,30H,2-4,6-8,11-16,18-19H2,1H3,(H,31,33)(H,34,35)/t23?,24-,25?,28?/m0/s1.